The molecule has 1 rings (SSSR count). The zero-order valence-electron chi connectivity index (χ0n) is 8.83. The third-order valence-electron chi connectivity index (χ3n) is 1.74. The van der Waals surface area contributed by atoms with Gasteiger partial charge in [-0.1, -0.05) is 0 Å². The van der Waals surface area contributed by atoms with E-state index in [1.165, 1.54) is 13.2 Å². The molecule has 1 aromatic rings. The fourth-order valence-corrected chi connectivity index (χ4v) is 1.13. The molecule has 0 fully saturated rings. The van der Waals surface area contributed by atoms with Crippen molar-refractivity contribution >= 4 is 5.97 Å². The highest BCUT2D eigenvalue weighted by Gasteiger charge is 2.20. The van der Waals surface area contributed by atoms with Crippen molar-refractivity contribution in [2.75, 3.05) is 13.7 Å². The Kier molecular flexibility index (Phi) is 3.49. The normalized spacial score (nSPS) is 9.80. The first-order valence-corrected chi connectivity index (χ1v) is 4.46. The van der Waals surface area contributed by atoms with Crippen molar-refractivity contribution in [3.05, 3.63) is 27.8 Å². The highest BCUT2D eigenvalue weighted by Crippen LogP contribution is 2.16. The van der Waals surface area contributed by atoms with Crippen molar-refractivity contribution in [1.29, 1.82) is 0 Å². The monoisotopic (exact) mass is 212 g/mol. The van der Waals surface area contributed by atoms with Crippen LogP contribution >= 0.6 is 0 Å². The highest BCUT2D eigenvalue weighted by atomic mass is 16.5. The van der Waals surface area contributed by atoms with Gasteiger partial charge in [0.15, 0.2) is 5.56 Å². The average Bonchev–Trinajstić information content (AvgIpc) is 2.16. The topological polar surface area (TPSA) is 65.7 Å². The summed E-state index contributed by atoms with van der Waals surface area (Å²) in [6.07, 6.45) is 0. The summed E-state index contributed by atoms with van der Waals surface area (Å²) in [7, 11) is 1.37. The Morgan fingerprint density at radius 1 is 1.53 bits per heavy atom. The molecule has 0 atom stereocenters. The zero-order chi connectivity index (χ0) is 11.4. The van der Waals surface area contributed by atoms with Gasteiger partial charge in [0.25, 0.3) is 0 Å². The van der Waals surface area contributed by atoms with Gasteiger partial charge in [0.1, 0.15) is 11.5 Å². The Balaban J connectivity index is 3.27. The van der Waals surface area contributed by atoms with Crippen LogP contribution in [0.15, 0.2) is 15.3 Å². The number of esters is 1. The van der Waals surface area contributed by atoms with Gasteiger partial charge in [0.05, 0.1) is 13.7 Å². The van der Waals surface area contributed by atoms with Crippen molar-refractivity contribution in [2.45, 2.75) is 13.8 Å². The summed E-state index contributed by atoms with van der Waals surface area (Å²) in [5.41, 5.74) is -0.949. The molecule has 1 aromatic heterocycles. The number of methoxy groups -OCH3 is 1. The number of ether oxygens (including phenoxy) is 2. The fourth-order valence-electron chi connectivity index (χ4n) is 1.13. The van der Waals surface area contributed by atoms with E-state index >= 15 is 0 Å². The van der Waals surface area contributed by atoms with Gasteiger partial charge in [0, 0.05) is 6.07 Å². The minimum absolute atomic E-state index is 0.169. The molecule has 0 N–H and O–H groups in total. The summed E-state index contributed by atoms with van der Waals surface area (Å²) in [4.78, 5) is 22.8. The summed E-state index contributed by atoms with van der Waals surface area (Å²) < 4.78 is 14.4. The molecule has 1 heterocycles. The summed E-state index contributed by atoms with van der Waals surface area (Å²) in [6.45, 7) is 3.44. The maximum Gasteiger partial charge on any atom is 0.354 e. The predicted molar refractivity (Wildman–Crippen MR) is 52.2 cm³/mol. The van der Waals surface area contributed by atoms with E-state index in [-0.39, 0.29) is 17.9 Å². The van der Waals surface area contributed by atoms with Crippen molar-refractivity contribution in [3.8, 4) is 5.75 Å². The highest BCUT2D eigenvalue weighted by molar-refractivity contribution is 5.91. The van der Waals surface area contributed by atoms with Crippen LogP contribution < -0.4 is 10.4 Å². The van der Waals surface area contributed by atoms with E-state index in [0.717, 1.165) is 0 Å². The van der Waals surface area contributed by atoms with Crippen LogP contribution in [-0.2, 0) is 4.74 Å². The van der Waals surface area contributed by atoms with Crippen LogP contribution in [0.5, 0.6) is 5.75 Å². The minimum Gasteiger partial charge on any atom is -0.495 e. The lowest BCUT2D eigenvalue weighted by Gasteiger charge is -2.06. The number of hydrogen-bond acceptors (Lipinski definition) is 5. The summed E-state index contributed by atoms with van der Waals surface area (Å²) in [5, 5.41) is 0. The first kappa shape index (κ1) is 11.3. The van der Waals surface area contributed by atoms with Gasteiger partial charge < -0.3 is 13.9 Å². The Morgan fingerprint density at radius 3 is 2.73 bits per heavy atom. The molecule has 5 heteroatoms. The van der Waals surface area contributed by atoms with Crippen molar-refractivity contribution in [1.82, 2.24) is 0 Å². The van der Waals surface area contributed by atoms with Crippen LogP contribution in [0.2, 0.25) is 0 Å². The maximum absolute atomic E-state index is 11.4. The molecule has 0 aliphatic carbocycles. The second kappa shape index (κ2) is 4.63. The van der Waals surface area contributed by atoms with E-state index in [1.807, 2.05) is 0 Å². The molecule has 0 aliphatic heterocycles. The van der Waals surface area contributed by atoms with Crippen LogP contribution in [-0.4, -0.2) is 19.7 Å². The van der Waals surface area contributed by atoms with Gasteiger partial charge in [-0.05, 0) is 13.8 Å². The lowest BCUT2D eigenvalue weighted by atomic mass is 10.2. The third-order valence-corrected chi connectivity index (χ3v) is 1.74. The standard InChI is InChI=1S/C10H12O5/c1-4-14-9(11)8-7(13-3)5-6(2)15-10(8)12/h5H,4H2,1-3H3. The summed E-state index contributed by atoms with van der Waals surface area (Å²) >= 11 is 0. The fraction of sp³-hybridized carbons (Fsp3) is 0.400. The average molecular weight is 212 g/mol. The largest absolute Gasteiger partial charge is 0.495 e. The molecule has 0 aromatic carbocycles. The van der Waals surface area contributed by atoms with E-state index in [1.54, 1.807) is 13.8 Å². The van der Waals surface area contributed by atoms with E-state index < -0.39 is 11.6 Å². The maximum atomic E-state index is 11.4. The predicted octanol–water partition coefficient (Wildman–Crippen LogP) is 1.13. The lowest BCUT2D eigenvalue weighted by molar-refractivity contribution is 0.0516. The van der Waals surface area contributed by atoms with Crippen molar-refractivity contribution in [2.24, 2.45) is 0 Å². The molecule has 15 heavy (non-hydrogen) atoms. The molecule has 0 saturated carbocycles. The van der Waals surface area contributed by atoms with Crippen LogP contribution in [0.3, 0.4) is 0 Å². The number of aryl methyl sites for hydroxylation is 1. The van der Waals surface area contributed by atoms with Crippen molar-refractivity contribution in [3.63, 3.8) is 0 Å². The smallest absolute Gasteiger partial charge is 0.354 e. The minimum atomic E-state index is -0.745. The lowest BCUT2D eigenvalue weighted by Crippen LogP contribution is -2.18. The van der Waals surface area contributed by atoms with Crippen molar-refractivity contribution < 1.29 is 18.7 Å². The van der Waals surface area contributed by atoms with Crippen LogP contribution in [0, 0.1) is 6.92 Å². The first-order valence-electron chi connectivity index (χ1n) is 4.46. The molecule has 0 unspecified atom stereocenters. The number of carbonyl (C=O) groups excluding carboxylic acids is 1. The number of hydrogen-bond donors (Lipinski definition) is 0. The van der Waals surface area contributed by atoms with Gasteiger partial charge >= 0.3 is 11.6 Å². The molecule has 5 nitrogen and oxygen atoms in total. The quantitative estimate of drug-likeness (QED) is 0.703. The summed E-state index contributed by atoms with van der Waals surface area (Å²) in [6, 6.07) is 1.47. The molecular formula is C10H12O5. The first-order chi connectivity index (χ1) is 7.10. The molecule has 0 radical (unpaired) electrons. The van der Waals surface area contributed by atoms with Gasteiger partial charge in [-0.2, -0.15) is 0 Å². The van der Waals surface area contributed by atoms with Gasteiger partial charge in [-0.3, -0.25) is 0 Å². The van der Waals surface area contributed by atoms with E-state index in [2.05, 4.69) is 0 Å². The van der Waals surface area contributed by atoms with Gasteiger partial charge in [-0.25, -0.2) is 9.59 Å². The Hall–Kier alpha value is -1.78. The Labute approximate surface area is 86.6 Å². The Bertz CT molecular complexity index is 418. The second-order valence-corrected chi connectivity index (χ2v) is 2.81. The van der Waals surface area contributed by atoms with Gasteiger partial charge in [-0.15, -0.1) is 0 Å². The zero-order valence-corrected chi connectivity index (χ0v) is 8.83. The summed E-state index contributed by atoms with van der Waals surface area (Å²) in [5.74, 6) is -0.185. The van der Waals surface area contributed by atoms with Crippen LogP contribution in [0.1, 0.15) is 23.0 Å². The van der Waals surface area contributed by atoms with E-state index in [0.29, 0.717) is 5.76 Å². The molecule has 0 bridgehead atoms. The third kappa shape index (κ3) is 2.37. The number of rotatable bonds is 3. The van der Waals surface area contributed by atoms with Crippen LogP contribution in [0.25, 0.3) is 0 Å². The molecule has 82 valence electrons. The molecule has 0 aliphatic rings. The SMILES string of the molecule is CCOC(=O)c1c(OC)cc(C)oc1=O. The van der Waals surface area contributed by atoms with Gasteiger partial charge in [0.2, 0.25) is 0 Å². The molecule has 0 spiro atoms. The van der Waals surface area contributed by atoms with E-state index in [4.69, 9.17) is 13.9 Å². The molecular weight excluding hydrogens is 200 g/mol. The van der Waals surface area contributed by atoms with Crippen LogP contribution in [0.4, 0.5) is 0 Å². The second-order valence-electron chi connectivity index (χ2n) is 2.81. The van der Waals surface area contributed by atoms with E-state index in [9.17, 15) is 9.59 Å². The molecule has 0 amide bonds. The molecule has 0 saturated heterocycles. The Morgan fingerprint density at radius 2 is 2.20 bits per heavy atom. The number of carbonyl (C=O) groups is 1.